The minimum atomic E-state index is 0.354. The molecule has 0 heterocycles. The van der Waals surface area contributed by atoms with Crippen LogP contribution in [0.25, 0.3) is 0 Å². The van der Waals surface area contributed by atoms with Crippen LogP contribution in [-0.4, -0.2) is 17.4 Å². The third-order valence-electron chi connectivity index (χ3n) is 2.84. The Kier molecular flexibility index (Phi) is 1.20. The fourth-order valence-corrected chi connectivity index (χ4v) is 2.13. The van der Waals surface area contributed by atoms with Gasteiger partial charge in [-0.05, 0) is 30.6 Å². The van der Waals surface area contributed by atoms with Crippen LogP contribution in [0, 0.1) is 17.8 Å². The van der Waals surface area contributed by atoms with Crippen LogP contribution in [0.3, 0.4) is 0 Å². The van der Waals surface area contributed by atoms with Crippen molar-refractivity contribution in [3.8, 4) is 0 Å². The van der Waals surface area contributed by atoms with Gasteiger partial charge in [0.15, 0.2) is 0 Å². The number of rotatable bonds is 1. The first-order valence-corrected chi connectivity index (χ1v) is 3.73. The molecule has 2 unspecified atom stereocenters. The molecule has 0 bridgehead atoms. The standard InChI is InChI=1S/C7H12N2O/c8-9-4-1-5-6(2-4)7(5)3-10/h5-7,10H,1-3,8H2. The number of hydrogen-bond donors (Lipinski definition) is 2. The van der Waals surface area contributed by atoms with Crippen molar-refractivity contribution >= 4 is 5.71 Å². The minimum absolute atomic E-state index is 0.354. The summed E-state index contributed by atoms with van der Waals surface area (Å²) in [6.07, 6.45) is 2.07. The molecule has 2 aliphatic rings. The first-order valence-electron chi connectivity index (χ1n) is 3.73. The molecule has 2 fully saturated rings. The molecule has 0 saturated heterocycles. The van der Waals surface area contributed by atoms with Gasteiger partial charge in [0.05, 0.1) is 0 Å². The van der Waals surface area contributed by atoms with Crippen molar-refractivity contribution in [2.24, 2.45) is 28.7 Å². The van der Waals surface area contributed by atoms with Crippen LogP contribution in [0.4, 0.5) is 0 Å². The van der Waals surface area contributed by atoms with E-state index in [-0.39, 0.29) is 0 Å². The molecule has 0 aromatic rings. The van der Waals surface area contributed by atoms with Crippen molar-refractivity contribution in [3.05, 3.63) is 0 Å². The van der Waals surface area contributed by atoms with Crippen LogP contribution < -0.4 is 5.84 Å². The van der Waals surface area contributed by atoms with Gasteiger partial charge in [-0.3, -0.25) is 0 Å². The molecule has 3 heteroatoms. The van der Waals surface area contributed by atoms with Crippen LogP contribution in [0.5, 0.6) is 0 Å². The van der Waals surface area contributed by atoms with Crippen LogP contribution >= 0.6 is 0 Å². The zero-order valence-electron chi connectivity index (χ0n) is 5.83. The van der Waals surface area contributed by atoms with E-state index < -0.39 is 0 Å². The van der Waals surface area contributed by atoms with Crippen LogP contribution in [0.1, 0.15) is 12.8 Å². The smallest absolute Gasteiger partial charge is 0.0465 e. The Hall–Kier alpha value is -0.570. The van der Waals surface area contributed by atoms with Gasteiger partial charge >= 0.3 is 0 Å². The van der Waals surface area contributed by atoms with Gasteiger partial charge in [0.25, 0.3) is 0 Å². The lowest BCUT2D eigenvalue weighted by Gasteiger charge is -1.98. The molecule has 0 aliphatic heterocycles. The fourth-order valence-electron chi connectivity index (χ4n) is 2.13. The average molecular weight is 140 g/mol. The zero-order valence-corrected chi connectivity index (χ0v) is 5.83. The minimum Gasteiger partial charge on any atom is -0.396 e. The number of fused-ring (bicyclic) bond motifs is 1. The Morgan fingerprint density at radius 3 is 2.50 bits per heavy atom. The highest BCUT2D eigenvalue weighted by Crippen LogP contribution is 2.55. The van der Waals surface area contributed by atoms with Crippen LogP contribution in [0.15, 0.2) is 5.10 Å². The molecule has 3 N–H and O–H groups in total. The largest absolute Gasteiger partial charge is 0.396 e. The molecule has 0 aromatic heterocycles. The van der Waals surface area contributed by atoms with E-state index in [1.807, 2.05) is 0 Å². The third kappa shape index (κ3) is 0.669. The molecule has 10 heavy (non-hydrogen) atoms. The molecular weight excluding hydrogens is 128 g/mol. The van der Waals surface area contributed by atoms with Gasteiger partial charge < -0.3 is 10.9 Å². The van der Waals surface area contributed by atoms with Gasteiger partial charge in [-0.15, -0.1) is 0 Å². The summed E-state index contributed by atoms with van der Waals surface area (Å²) < 4.78 is 0. The molecule has 2 aliphatic carbocycles. The van der Waals surface area contributed by atoms with E-state index in [0.29, 0.717) is 24.4 Å². The Balaban J connectivity index is 1.96. The van der Waals surface area contributed by atoms with Gasteiger partial charge in [0.1, 0.15) is 0 Å². The quantitative estimate of drug-likeness (QED) is 0.396. The second-order valence-electron chi connectivity index (χ2n) is 3.28. The highest BCUT2D eigenvalue weighted by Gasteiger charge is 2.54. The van der Waals surface area contributed by atoms with E-state index in [1.165, 1.54) is 0 Å². The van der Waals surface area contributed by atoms with Crippen molar-refractivity contribution in [1.82, 2.24) is 0 Å². The number of hydrogen-bond acceptors (Lipinski definition) is 3. The molecule has 2 rings (SSSR count). The lowest BCUT2D eigenvalue weighted by molar-refractivity contribution is 0.262. The van der Waals surface area contributed by atoms with E-state index in [4.69, 9.17) is 10.9 Å². The lowest BCUT2D eigenvalue weighted by atomic mass is 10.1. The van der Waals surface area contributed by atoms with Crippen molar-refractivity contribution in [1.29, 1.82) is 0 Å². The SMILES string of the molecule is NN=C1CC2C(CO)C2C1. The number of hydrazone groups is 1. The first-order chi connectivity index (χ1) is 4.86. The number of nitrogens with zero attached hydrogens (tertiary/aromatic N) is 1. The Morgan fingerprint density at radius 1 is 1.50 bits per heavy atom. The number of aliphatic hydroxyl groups is 1. The monoisotopic (exact) mass is 140 g/mol. The van der Waals surface area contributed by atoms with E-state index in [2.05, 4.69) is 5.10 Å². The van der Waals surface area contributed by atoms with E-state index in [0.717, 1.165) is 18.6 Å². The summed E-state index contributed by atoms with van der Waals surface area (Å²) >= 11 is 0. The molecule has 0 spiro atoms. The van der Waals surface area contributed by atoms with Crippen molar-refractivity contribution in [2.45, 2.75) is 12.8 Å². The molecule has 56 valence electrons. The summed E-state index contributed by atoms with van der Waals surface area (Å²) in [7, 11) is 0. The zero-order chi connectivity index (χ0) is 7.14. The van der Waals surface area contributed by atoms with Gasteiger partial charge in [0, 0.05) is 12.3 Å². The van der Waals surface area contributed by atoms with E-state index >= 15 is 0 Å². The second kappa shape index (κ2) is 1.95. The van der Waals surface area contributed by atoms with Crippen LogP contribution in [-0.2, 0) is 0 Å². The molecule has 0 radical (unpaired) electrons. The molecule has 2 saturated carbocycles. The van der Waals surface area contributed by atoms with E-state index in [1.54, 1.807) is 0 Å². The molecule has 3 nitrogen and oxygen atoms in total. The van der Waals surface area contributed by atoms with Crippen molar-refractivity contribution in [3.63, 3.8) is 0 Å². The molecule has 0 aromatic carbocycles. The second-order valence-corrected chi connectivity index (χ2v) is 3.28. The highest BCUT2D eigenvalue weighted by atomic mass is 16.3. The molecule has 2 atom stereocenters. The highest BCUT2D eigenvalue weighted by molar-refractivity contribution is 5.88. The molecular formula is C7H12N2O. The summed E-state index contributed by atoms with van der Waals surface area (Å²) in [5.74, 6) is 7.13. The summed E-state index contributed by atoms with van der Waals surface area (Å²) in [6.45, 7) is 0.354. The fraction of sp³-hybridized carbons (Fsp3) is 0.857. The summed E-state index contributed by atoms with van der Waals surface area (Å²) in [4.78, 5) is 0. The van der Waals surface area contributed by atoms with Crippen molar-refractivity contribution < 1.29 is 5.11 Å². The average Bonchev–Trinajstić information content (AvgIpc) is 2.43. The van der Waals surface area contributed by atoms with E-state index in [9.17, 15) is 0 Å². The van der Waals surface area contributed by atoms with Gasteiger partial charge in [-0.2, -0.15) is 5.10 Å². The Labute approximate surface area is 59.9 Å². The summed E-state index contributed by atoms with van der Waals surface area (Å²) in [6, 6.07) is 0. The van der Waals surface area contributed by atoms with Gasteiger partial charge in [-0.1, -0.05) is 0 Å². The maximum absolute atomic E-state index is 8.80. The maximum Gasteiger partial charge on any atom is 0.0465 e. The lowest BCUT2D eigenvalue weighted by Crippen LogP contribution is -2.03. The van der Waals surface area contributed by atoms with Crippen LogP contribution in [0.2, 0.25) is 0 Å². The number of nitrogens with two attached hydrogens (primary N) is 1. The molecule has 0 amide bonds. The number of aliphatic hydroxyl groups excluding tert-OH is 1. The normalized spacial score (nSPS) is 43.3. The Bertz CT molecular complexity index is 164. The topological polar surface area (TPSA) is 58.6 Å². The Morgan fingerprint density at radius 2 is 2.10 bits per heavy atom. The third-order valence-corrected chi connectivity index (χ3v) is 2.84. The predicted octanol–water partition coefficient (Wildman–Crippen LogP) is -0.0506. The maximum atomic E-state index is 8.80. The van der Waals surface area contributed by atoms with Gasteiger partial charge in [-0.25, -0.2) is 0 Å². The van der Waals surface area contributed by atoms with Crippen molar-refractivity contribution in [2.75, 3.05) is 6.61 Å². The first kappa shape index (κ1) is 6.16. The summed E-state index contributed by atoms with van der Waals surface area (Å²) in [5.41, 5.74) is 1.14. The predicted molar refractivity (Wildman–Crippen MR) is 38.4 cm³/mol. The summed E-state index contributed by atoms with van der Waals surface area (Å²) in [5, 5.41) is 12.5. The van der Waals surface area contributed by atoms with Gasteiger partial charge in [0.2, 0.25) is 0 Å².